The molecule has 0 aromatic carbocycles. The fourth-order valence-electron chi connectivity index (χ4n) is 2.01. The molecule has 0 aliphatic carbocycles. The summed E-state index contributed by atoms with van der Waals surface area (Å²) in [7, 11) is 3.47. The first-order chi connectivity index (χ1) is 10.2. The van der Waals surface area contributed by atoms with Gasteiger partial charge in [0.2, 0.25) is 10.0 Å². The Hall–Kier alpha value is -1.57. The molecule has 6 nitrogen and oxygen atoms in total. The molecular formula is C14H19ClN4O2S. The van der Waals surface area contributed by atoms with Crippen molar-refractivity contribution >= 4 is 27.4 Å². The number of rotatable bonds is 5. The molecular weight excluding hydrogens is 324 g/mol. The number of aryl methyl sites for hydroxylation is 1. The van der Waals surface area contributed by atoms with Crippen LogP contribution in [-0.4, -0.2) is 43.4 Å². The molecule has 0 aliphatic heterocycles. The van der Waals surface area contributed by atoms with Crippen LogP contribution < -0.4 is 4.90 Å². The number of sulfonamides is 1. The molecule has 2 aromatic rings. The highest BCUT2D eigenvalue weighted by atomic mass is 35.5. The van der Waals surface area contributed by atoms with Crippen molar-refractivity contribution in [2.24, 2.45) is 7.05 Å². The van der Waals surface area contributed by atoms with E-state index in [1.807, 2.05) is 30.6 Å². The third-order valence-electron chi connectivity index (χ3n) is 3.35. The van der Waals surface area contributed by atoms with Crippen LogP contribution in [0.15, 0.2) is 35.5 Å². The number of hydrogen-bond acceptors (Lipinski definition) is 4. The fourth-order valence-corrected chi connectivity index (χ4v) is 3.37. The number of hydrogen-bond donors (Lipinski definition) is 0. The quantitative estimate of drug-likeness (QED) is 0.833. The Morgan fingerprint density at radius 1 is 1.27 bits per heavy atom. The highest BCUT2D eigenvalue weighted by molar-refractivity contribution is 7.89. The number of halogens is 1. The molecule has 2 aromatic heterocycles. The van der Waals surface area contributed by atoms with E-state index in [0.29, 0.717) is 10.8 Å². The average molecular weight is 343 g/mol. The molecule has 0 amide bonds. The van der Waals surface area contributed by atoms with Gasteiger partial charge in [0, 0.05) is 46.3 Å². The van der Waals surface area contributed by atoms with Gasteiger partial charge in [-0.15, -0.1) is 0 Å². The minimum atomic E-state index is -3.59. The summed E-state index contributed by atoms with van der Waals surface area (Å²) < 4.78 is 28.2. The van der Waals surface area contributed by atoms with Crippen LogP contribution in [-0.2, 0) is 23.6 Å². The molecule has 0 unspecified atom stereocenters. The second-order valence-electron chi connectivity index (χ2n) is 5.27. The summed E-state index contributed by atoms with van der Waals surface area (Å²) >= 11 is 5.92. The minimum absolute atomic E-state index is 0.168. The molecule has 0 saturated carbocycles. The summed E-state index contributed by atoms with van der Waals surface area (Å²) in [5.74, 6) is 0.704. The summed E-state index contributed by atoms with van der Waals surface area (Å²) in [5, 5.41) is 0.584. The van der Waals surface area contributed by atoms with Crippen LogP contribution in [0.4, 0.5) is 5.82 Å². The topological polar surface area (TPSA) is 58.4 Å². The van der Waals surface area contributed by atoms with E-state index in [4.69, 9.17) is 11.6 Å². The second-order valence-corrected chi connectivity index (χ2v) is 7.75. The average Bonchev–Trinajstić information content (AvgIpc) is 2.76. The van der Waals surface area contributed by atoms with E-state index in [9.17, 15) is 8.42 Å². The molecule has 2 heterocycles. The third-order valence-corrected chi connectivity index (χ3v) is 5.34. The fraction of sp³-hybridized carbons (Fsp3) is 0.357. The number of aromatic nitrogens is 2. The molecule has 2 rings (SSSR count). The number of nitrogens with zero attached hydrogens (tertiary/aromatic N) is 4. The minimum Gasteiger partial charge on any atom is -0.363 e. The Labute approximate surface area is 136 Å². The van der Waals surface area contributed by atoms with Gasteiger partial charge in [0.1, 0.15) is 10.7 Å². The standard InChI is InChI=1S/C14H19ClN4O2S/c1-17(2)14-6-5-13(8-16-14)22(20,21)19(4)10-12-7-11(15)9-18(12)3/h5-9H,10H2,1-4H3. The first-order valence-electron chi connectivity index (χ1n) is 6.62. The molecule has 22 heavy (non-hydrogen) atoms. The van der Waals surface area contributed by atoms with E-state index >= 15 is 0 Å². The zero-order valence-corrected chi connectivity index (χ0v) is 14.6. The van der Waals surface area contributed by atoms with Crippen molar-refractivity contribution < 1.29 is 8.42 Å². The van der Waals surface area contributed by atoms with Crippen LogP contribution in [0.25, 0.3) is 0 Å². The number of anilines is 1. The van der Waals surface area contributed by atoms with Crippen LogP contribution in [0, 0.1) is 0 Å². The summed E-state index contributed by atoms with van der Waals surface area (Å²) in [6.45, 7) is 0.237. The Kier molecular flexibility index (Phi) is 4.79. The van der Waals surface area contributed by atoms with Gasteiger partial charge in [0.25, 0.3) is 0 Å². The van der Waals surface area contributed by atoms with Gasteiger partial charge in [-0.2, -0.15) is 4.31 Å². The van der Waals surface area contributed by atoms with Crippen LogP contribution in [0.1, 0.15) is 5.69 Å². The molecule has 0 N–H and O–H groups in total. The van der Waals surface area contributed by atoms with Crippen LogP contribution in [0.3, 0.4) is 0 Å². The van der Waals surface area contributed by atoms with Crippen molar-refractivity contribution in [1.29, 1.82) is 0 Å². The predicted octanol–water partition coefficient (Wildman–Crippen LogP) is 1.96. The molecule has 8 heteroatoms. The molecule has 0 radical (unpaired) electrons. The summed E-state index contributed by atoms with van der Waals surface area (Å²) in [4.78, 5) is 6.13. The van der Waals surface area contributed by atoms with E-state index in [0.717, 1.165) is 5.69 Å². The maximum absolute atomic E-state index is 12.6. The van der Waals surface area contributed by atoms with Gasteiger partial charge < -0.3 is 9.47 Å². The smallest absolute Gasteiger partial charge is 0.244 e. The highest BCUT2D eigenvalue weighted by Gasteiger charge is 2.22. The summed E-state index contributed by atoms with van der Waals surface area (Å²) in [6.07, 6.45) is 3.11. The Balaban J connectivity index is 2.23. The second kappa shape index (κ2) is 6.28. The lowest BCUT2D eigenvalue weighted by Gasteiger charge is -2.18. The molecule has 0 aliphatic rings. The van der Waals surface area contributed by atoms with Crippen LogP contribution in [0.2, 0.25) is 5.02 Å². The van der Waals surface area contributed by atoms with E-state index in [1.54, 1.807) is 24.4 Å². The maximum Gasteiger partial charge on any atom is 0.244 e. The van der Waals surface area contributed by atoms with Gasteiger partial charge >= 0.3 is 0 Å². The Bertz CT molecular complexity index is 754. The third kappa shape index (κ3) is 3.43. The van der Waals surface area contributed by atoms with Gasteiger partial charge in [0.15, 0.2) is 0 Å². The van der Waals surface area contributed by atoms with E-state index < -0.39 is 10.0 Å². The molecule has 120 valence electrons. The molecule has 0 bridgehead atoms. The lowest BCUT2D eigenvalue weighted by molar-refractivity contribution is 0.456. The van der Waals surface area contributed by atoms with Gasteiger partial charge in [-0.3, -0.25) is 0 Å². The largest absolute Gasteiger partial charge is 0.363 e. The summed E-state index contributed by atoms with van der Waals surface area (Å²) in [6, 6.07) is 4.99. The van der Waals surface area contributed by atoms with Crippen molar-refractivity contribution in [3.8, 4) is 0 Å². The first-order valence-corrected chi connectivity index (χ1v) is 8.44. The van der Waals surface area contributed by atoms with Crippen LogP contribution in [0.5, 0.6) is 0 Å². The van der Waals surface area contributed by atoms with Crippen molar-refractivity contribution in [1.82, 2.24) is 13.9 Å². The lowest BCUT2D eigenvalue weighted by atomic mass is 10.4. The molecule has 0 spiro atoms. The van der Waals surface area contributed by atoms with Crippen molar-refractivity contribution in [2.75, 3.05) is 26.0 Å². The normalized spacial score (nSPS) is 11.9. The summed E-state index contributed by atoms with van der Waals surface area (Å²) in [5.41, 5.74) is 0.814. The number of pyridine rings is 1. The van der Waals surface area contributed by atoms with Crippen molar-refractivity contribution in [3.05, 3.63) is 41.3 Å². The van der Waals surface area contributed by atoms with E-state index in [2.05, 4.69) is 4.98 Å². The van der Waals surface area contributed by atoms with Gasteiger partial charge in [0.05, 0.1) is 11.6 Å². The first kappa shape index (κ1) is 16.8. The predicted molar refractivity (Wildman–Crippen MR) is 87.6 cm³/mol. The SMILES string of the molecule is CN(C)c1ccc(S(=O)(=O)N(C)Cc2cc(Cl)cn2C)cn1. The van der Waals surface area contributed by atoms with Gasteiger partial charge in [-0.05, 0) is 18.2 Å². The van der Waals surface area contributed by atoms with Gasteiger partial charge in [-0.25, -0.2) is 13.4 Å². The Morgan fingerprint density at radius 3 is 2.41 bits per heavy atom. The Morgan fingerprint density at radius 2 is 1.95 bits per heavy atom. The molecule has 0 saturated heterocycles. The van der Waals surface area contributed by atoms with Gasteiger partial charge in [-0.1, -0.05) is 11.6 Å². The zero-order chi connectivity index (χ0) is 16.5. The highest BCUT2D eigenvalue weighted by Crippen LogP contribution is 2.20. The maximum atomic E-state index is 12.6. The zero-order valence-electron chi connectivity index (χ0n) is 13.0. The van der Waals surface area contributed by atoms with Crippen molar-refractivity contribution in [3.63, 3.8) is 0 Å². The monoisotopic (exact) mass is 342 g/mol. The van der Waals surface area contributed by atoms with E-state index in [-0.39, 0.29) is 11.4 Å². The van der Waals surface area contributed by atoms with E-state index in [1.165, 1.54) is 17.5 Å². The van der Waals surface area contributed by atoms with Crippen molar-refractivity contribution in [2.45, 2.75) is 11.4 Å². The van der Waals surface area contributed by atoms with Crippen LogP contribution >= 0.6 is 11.6 Å². The molecule has 0 fully saturated rings. The lowest BCUT2D eigenvalue weighted by Crippen LogP contribution is -2.27. The molecule has 0 atom stereocenters.